The zero-order valence-corrected chi connectivity index (χ0v) is 14.1. The lowest BCUT2D eigenvalue weighted by molar-refractivity contribution is -0.132. The first kappa shape index (κ1) is 16.8. The maximum Gasteiger partial charge on any atom is 0.242 e. The molecule has 0 aromatic heterocycles. The van der Waals surface area contributed by atoms with Gasteiger partial charge >= 0.3 is 0 Å². The average Bonchev–Trinajstić information content (AvgIpc) is 2.96. The SMILES string of the molecule is CC(=O)NC1CCCN(C(=O)CN2CCc3ccc(CO)cc32)C1. The number of carbonyl (C=O) groups is 2. The molecule has 1 atom stereocenters. The van der Waals surface area contributed by atoms with Crippen LogP contribution in [0.15, 0.2) is 18.2 Å². The molecule has 3 rings (SSSR count). The lowest BCUT2D eigenvalue weighted by Gasteiger charge is -2.34. The van der Waals surface area contributed by atoms with Gasteiger partial charge in [-0.3, -0.25) is 9.59 Å². The van der Waals surface area contributed by atoms with Gasteiger partial charge in [-0.25, -0.2) is 0 Å². The molecular weight excluding hydrogens is 306 g/mol. The molecule has 2 N–H and O–H groups in total. The van der Waals surface area contributed by atoms with E-state index in [1.165, 1.54) is 12.5 Å². The Morgan fingerprint density at radius 1 is 1.33 bits per heavy atom. The third-order valence-corrected chi connectivity index (χ3v) is 4.83. The molecule has 2 amide bonds. The number of anilines is 1. The van der Waals surface area contributed by atoms with Crippen molar-refractivity contribution in [2.45, 2.75) is 38.8 Å². The van der Waals surface area contributed by atoms with Crippen molar-refractivity contribution < 1.29 is 14.7 Å². The zero-order valence-electron chi connectivity index (χ0n) is 14.1. The lowest BCUT2D eigenvalue weighted by atomic mass is 10.1. The highest BCUT2D eigenvalue weighted by atomic mass is 16.3. The summed E-state index contributed by atoms with van der Waals surface area (Å²) in [5.74, 6) is 0.0617. The monoisotopic (exact) mass is 331 g/mol. The Labute approximate surface area is 142 Å². The Bertz CT molecular complexity index is 632. The third-order valence-electron chi connectivity index (χ3n) is 4.83. The molecule has 1 fully saturated rings. The van der Waals surface area contributed by atoms with Crippen LogP contribution in [0.5, 0.6) is 0 Å². The molecule has 130 valence electrons. The maximum atomic E-state index is 12.7. The van der Waals surface area contributed by atoms with Gasteiger partial charge < -0.3 is 20.2 Å². The number of nitrogens with one attached hydrogen (secondary N) is 1. The van der Waals surface area contributed by atoms with Gasteiger partial charge in [0.2, 0.25) is 11.8 Å². The lowest BCUT2D eigenvalue weighted by Crippen LogP contribution is -2.51. The quantitative estimate of drug-likeness (QED) is 0.850. The molecule has 0 radical (unpaired) electrons. The van der Waals surface area contributed by atoms with Gasteiger partial charge in [-0.2, -0.15) is 0 Å². The van der Waals surface area contributed by atoms with E-state index in [0.29, 0.717) is 13.1 Å². The minimum absolute atomic E-state index is 0.0135. The summed E-state index contributed by atoms with van der Waals surface area (Å²) in [5.41, 5.74) is 3.16. The van der Waals surface area contributed by atoms with Crippen molar-refractivity contribution in [2.24, 2.45) is 0 Å². The maximum absolute atomic E-state index is 12.7. The highest BCUT2D eigenvalue weighted by Crippen LogP contribution is 2.29. The fourth-order valence-corrected chi connectivity index (χ4v) is 3.63. The molecule has 0 saturated carbocycles. The molecule has 6 nitrogen and oxygen atoms in total. The van der Waals surface area contributed by atoms with Crippen molar-refractivity contribution in [2.75, 3.05) is 31.1 Å². The van der Waals surface area contributed by atoms with Crippen molar-refractivity contribution in [1.29, 1.82) is 0 Å². The molecule has 24 heavy (non-hydrogen) atoms. The molecular formula is C18H25N3O3. The van der Waals surface area contributed by atoms with E-state index in [0.717, 1.165) is 43.6 Å². The van der Waals surface area contributed by atoms with E-state index in [4.69, 9.17) is 0 Å². The Balaban J connectivity index is 1.63. The van der Waals surface area contributed by atoms with Gasteiger partial charge in [-0.1, -0.05) is 12.1 Å². The Hall–Kier alpha value is -2.08. The molecule has 2 heterocycles. The average molecular weight is 331 g/mol. The number of amides is 2. The normalized spacial score (nSPS) is 20.0. The highest BCUT2D eigenvalue weighted by Gasteiger charge is 2.27. The van der Waals surface area contributed by atoms with Gasteiger partial charge in [0.15, 0.2) is 0 Å². The van der Waals surface area contributed by atoms with E-state index in [2.05, 4.69) is 10.2 Å². The van der Waals surface area contributed by atoms with Gasteiger partial charge in [0.25, 0.3) is 0 Å². The molecule has 1 aromatic rings. The summed E-state index contributed by atoms with van der Waals surface area (Å²) < 4.78 is 0. The fourth-order valence-electron chi connectivity index (χ4n) is 3.63. The molecule has 1 saturated heterocycles. The Kier molecular flexibility index (Phi) is 5.04. The molecule has 1 unspecified atom stereocenters. The second-order valence-electron chi connectivity index (χ2n) is 6.67. The van der Waals surface area contributed by atoms with Crippen molar-refractivity contribution >= 4 is 17.5 Å². The topological polar surface area (TPSA) is 72.9 Å². The fraction of sp³-hybridized carbons (Fsp3) is 0.556. The summed E-state index contributed by atoms with van der Waals surface area (Å²) in [7, 11) is 0. The second kappa shape index (κ2) is 7.21. The molecule has 2 aliphatic rings. The van der Waals surface area contributed by atoms with Gasteiger partial charge in [0, 0.05) is 38.3 Å². The van der Waals surface area contributed by atoms with Crippen LogP contribution < -0.4 is 10.2 Å². The first-order chi connectivity index (χ1) is 11.6. The van der Waals surface area contributed by atoms with E-state index in [-0.39, 0.29) is 24.5 Å². The highest BCUT2D eigenvalue weighted by molar-refractivity contribution is 5.83. The molecule has 0 bridgehead atoms. The van der Waals surface area contributed by atoms with Crippen LogP contribution in [0.2, 0.25) is 0 Å². The number of hydrogen-bond donors (Lipinski definition) is 2. The van der Waals surface area contributed by atoms with Crippen LogP contribution >= 0.6 is 0 Å². The summed E-state index contributed by atoms with van der Waals surface area (Å²) in [5, 5.41) is 12.2. The van der Waals surface area contributed by atoms with Crippen LogP contribution in [-0.4, -0.2) is 54.0 Å². The Morgan fingerprint density at radius 2 is 2.17 bits per heavy atom. The third kappa shape index (κ3) is 3.70. The second-order valence-corrected chi connectivity index (χ2v) is 6.67. The van der Waals surface area contributed by atoms with Gasteiger partial charge in [-0.15, -0.1) is 0 Å². The molecule has 1 aromatic carbocycles. The molecule has 0 spiro atoms. The van der Waals surface area contributed by atoms with E-state index >= 15 is 0 Å². The number of likely N-dealkylation sites (tertiary alicyclic amines) is 1. The smallest absolute Gasteiger partial charge is 0.242 e. The predicted molar refractivity (Wildman–Crippen MR) is 91.7 cm³/mol. The van der Waals surface area contributed by atoms with Crippen LogP contribution in [-0.2, 0) is 22.6 Å². The number of aliphatic hydroxyl groups excluding tert-OH is 1. The van der Waals surface area contributed by atoms with Crippen LogP contribution in [0.4, 0.5) is 5.69 Å². The number of piperidine rings is 1. The first-order valence-electron chi connectivity index (χ1n) is 8.59. The largest absolute Gasteiger partial charge is 0.392 e. The molecule has 0 aliphatic carbocycles. The van der Waals surface area contributed by atoms with Crippen molar-refractivity contribution in [3.63, 3.8) is 0 Å². The van der Waals surface area contributed by atoms with Gasteiger partial charge in [-0.05, 0) is 36.5 Å². The van der Waals surface area contributed by atoms with E-state index in [1.807, 2.05) is 23.1 Å². The first-order valence-corrected chi connectivity index (χ1v) is 8.59. The summed E-state index contributed by atoms with van der Waals surface area (Å²) >= 11 is 0. The summed E-state index contributed by atoms with van der Waals surface area (Å²) in [6, 6.07) is 6.02. The van der Waals surface area contributed by atoms with Crippen LogP contribution in [0.3, 0.4) is 0 Å². The minimum atomic E-state index is -0.0423. The predicted octanol–water partition coefficient (Wildman–Crippen LogP) is 0.669. The van der Waals surface area contributed by atoms with Crippen LogP contribution in [0, 0.1) is 0 Å². The van der Waals surface area contributed by atoms with E-state index < -0.39 is 0 Å². The molecule has 2 aliphatic heterocycles. The van der Waals surface area contributed by atoms with E-state index in [9.17, 15) is 14.7 Å². The van der Waals surface area contributed by atoms with Crippen LogP contribution in [0.25, 0.3) is 0 Å². The van der Waals surface area contributed by atoms with Crippen molar-refractivity contribution in [1.82, 2.24) is 10.2 Å². The zero-order chi connectivity index (χ0) is 17.1. The summed E-state index contributed by atoms with van der Waals surface area (Å²) in [4.78, 5) is 27.8. The number of aliphatic hydroxyl groups is 1. The standard InChI is InChI=1S/C18H25N3O3/c1-13(23)19-16-3-2-7-21(10-16)18(24)11-20-8-6-15-5-4-14(12-22)9-17(15)20/h4-5,9,16,22H,2-3,6-8,10-12H2,1H3,(H,19,23). The summed E-state index contributed by atoms with van der Waals surface area (Å²) in [6.07, 6.45) is 2.78. The van der Waals surface area contributed by atoms with Gasteiger partial charge in [0.05, 0.1) is 13.2 Å². The number of fused-ring (bicyclic) bond motifs is 1. The Morgan fingerprint density at radius 3 is 2.92 bits per heavy atom. The van der Waals surface area contributed by atoms with Gasteiger partial charge in [0.1, 0.15) is 0 Å². The van der Waals surface area contributed by atoms with Crippen molar-refractivity contribution in [3.8, 4) is 0 Å². The number of carbonyl (C=O) groups excluding carboxylic acids is 2. The number of rotatable bonds is 4. The van der Waals surface area contributed by atoms with Crippen molar-refractivity contribution in [3.05, 3.63) is 29.3 Å². The number of hydrogen-bond acceptors (Lipinski definition) is 4. The number of benzene rings is 1. The van der Waals surface area contributed by atoms with E-state index in [1.54, 1.807) is 0 Å². The minimum Gasteiger partial charge on any atom is -0.392 e. The summed E-state index contributed by atoms with van der Waals surface area (Å²) in [6.45, 7) is 4.07. The van der Waals surface area contributed by atoms with Crippen LogP contribution in [0.1, 0.15) is 30.9 Å². The molecule has 6 heteroatoms. The number of nitrogens with zero attached hydrogens (tertiary/aromatic N) is 2.